The van der Waals surface area contributed by atoms with Gasteiger partial charge in [-0.05, 0) is 25.2 Å². The fraction of sp³-hybridized carbons (Fsp3) is 0.667. The second kappa shape index (κ2) is 6.97. The van der Waals surface area contributed by atoms with Crippen molar-refractivity contribution in [3.05, 3.63) is 11.1 Å². The molecule has 0 aromatic carbocycles. The third kappa shape index (κ3) is 3.50. The number of carbonyl (C=O) groups is 1. The van der Waals surface area contributed by atoms with Gasteiger partial charge in [0.1, 0.15) is 0 Å². The van der Waals surface area contributed by atoms with Gasteiger partial charge in [0, 0.05) is 24.2 Å². The maximum absolute atomic E-state index is 12.2. The molecule has 0 spiro atoms. The van der Waals surface area contributed by atoms with Crippen LogP contribution in [0.25, 0.3) is 0 Å². The van der Waals surface area contributed by atoms with Gasteiger partial charge in [-0.25, -0.2) is 9.78 Å². The molecule has 6 nitrogen and oxygen atoms in total. The standard InChI is InChI=1S/C15H21N5OS/c16-10-18-12-6-7-20(9-12)15(21)19-14-17-8-13(22-14)11-4-2-1-3-5-11/h8,11-12,18H,1-7,9H2,(H,17,19,21). The van der Waals surface area contributed by atoms with Gasteiger partial charge in [0.25, 0.3) is 0 Å². The first-order valence-corrected chi connectivity index (χ1v) is 8.74. The highest BCUT2D eigenvalue weighted by atomic mass is 32.1. The Morgan fingerprint density at radius 1 is 1.36 bits per heavy atom. The predicted octanol–water partition coefficient (Wildman–Crippen LogP) is 2.87. The topological polar surface area (TPSA) is 81.0 Å². The Balaban J connectivity index is 1.54. The van der Waals surface area contributed by atoms with E-state index in [9.17, 15) is 4.79 Å². The number of aromatic nitrogens is 1. The summed E-state index contributed by atoms with van der Waals surface area (Å²) in [6.45, 7) is 1.24. The van der Waals surface area contributed by atoms with Gasteiger partial charge in [-0.1, -0.05) is 19.3 Å². The molecule has 7 heteroatoms. The lowest BCUT2D eigenvalue weighted by molar-refractivity contribution is 0.221. The molecule has 1 saturated heterocycles. The Hall–Kier alpha value is -1.81. The van der Waals surface area contributed by atoms with E-state index in [2.05, 4.69) is 15.6 Å². The van der Waals surface area contributed by atoms with Gasteiger partial charge < -0.3 is 10.2 Å². The van der Waals surface area contributed by atoms with E-state index in [1.807, 2.05) is 12.4 Å². The molecule has 2 aliphatic rings. The van der Waals surface area contributed by atoms with Crippen LogP contribution in [0.5, 0.6) is 0 Å². The summed E-state index contributed by atoms with van der Waals surface area (Å²) in [4.78, 5) is 19.6. The lowest BCUT2D eigenvalue weighted by Crippen LogP contribution is -2.36. The molecule has 1 aromatic rings. The minimum atomic E-state index is -0.119. The van der Waals surface area contributed by atoms with E-state index in [4.69, 9.17) is 5.26 Å². The molecule has 3 rings (SSSR count). The van der Waals surface area contributed by atoms with E-state index in [-0.39, 0.29) is 12.1 Å². The summed E-state index contributed by atoms with van der Waals surface area (Å²) in [6.07, 6.45) is 11.1. The van der Waals surface area contributed by atoms with Gasteiger partial charge in [0.15, 0.2) is 11.3 Å². The van der Waals surface area contributed by atoms with Crippen LogP contribution in [0.4, 0.5) is 9.93 Å². The third-order valence-electron chi connectivity index (χ3n) is 4.49. The smallest absolute Gasteiger partial charge is 0.322 e. The number of rotatable bonds is 3. The van der Waals surface area contributed by atoms with Gasteiger partial charge >= 0.3 is 6.03 Å². The number of nitrogens with one attached hydrogen (secondary N) is 2. The third-order valence-corrected chi connectivity index (χ3v) is 5.56. The maximum Gasteiger partial charge on any atom is 0.323 e. The van der Waals surface area contributed by atoms with Crippen LogP contribution < -0.4 is 10.6 Å². The molecule has 1 saturated carbocycles. The highest BCUT2D eigenvalue weighted by Gasteiger charge is 2.26. The Morgan fingerprint density at radius 3 is 2.95 bits per heavy atom. The average molecular weight is 319 g/mol. The number of nitrogens with zero attached hydrogens (tertiary/aromatic N) is 3. The van der Waals surface area contributed by atoms with Crippen LogP contribution >= 0.6 is 11.3 Å². The fourth-order valence-corrected chi connectivity index (χ4v) is 4.22. The van der Waals surface area contributed by atoms with Crippen molar-refractivity contribution in [2.45, 2.75) is 50.5 Å². The van der Waals surface area contributed by atoms with Crippen molar-refractivity contribution in [1.29, 1.82) is 5.26 Å². The number of urea groups is 1. The second-order valence-corrected chi connectivity index (χ2v) is 7.08. The number of amides is 2. The molecular formula is C15H21N5OS. The number of anilines is 1. The molecule has 1 aromatic heterocycles. The highest BCUT2D eigenvalue weighted by Crippen LogP contribution is 2.36. The minimum absolute atomic E-state index is 0.0739. The normalized spacial score (nSPS) is 22.3. The number of thiazole rings is 1. The fourth-order valence-electron chi connectivity index (χ4n) is 3.24. The van der Waals surface area contributed by atoms with Gasteiger partial charge in [-0.2, -0.15) is 5.26 Å². The lowest BCUT2D eigenvalue weighted by Gasteiger charge is -2.19. The van der Waals surface area contributed by atoms with E-state index in [0.29, 0.717) is 24.1 Å². The predicted molar refractivity (Wildman–Crippen MR) is 85.7 cm³/mol. The molecular weight excluding hydrogens is 298 g/mol. The molecule has 1 unspecified atom stereocenters. The summed E-state index contributed by atoms with van der Waals surface area (Å²) >= 11 is 1.60. The van der Waals surface area contributed by atoms with Crippen LogP contribution in [-0.2, 0) is 0 Å². The Labute approximate surface area is 134 Å². The van der Waals surface area contributed by atoms with Gasteiger partial charge in [-0.3, -0.25) is 5.32 Å². The molecule has 0 bridgehead atoms. The summed E-state index contributed by atoms with van der Waals surface area (Å²) in [5.41, 5.74) is 0. The molecule has 1 aliphatic heterocycles. The van der Waals surface area contributed by atoms with Crippen LogP contribution in [0.1, 0.15) is 49.3 Å². The zero-order valence-corrected chi connectivity index (χ0v) is 13.4. The zero-order valence-electron chi connectivity index (χ0n) is 12.5. The van der Waals surface area contributed by atoms with Crippen molar-refractivity contribution in [3.8, 4) is 6.19 Å². The van der Waals surface area contributed by atoms with Gasteiger partial charge in [-0.15, -0.1) is 11.3 Å². The van der Waals surface area contributed by atoms with Crippen molar-refractivity contribution in [3.63, 3.8) is 0 Å². The Kier molecular flexibility index (Phi) is 4.78. The highest BCUT2D eigenvalue weighted by molar-refractivity contribution is 7.15. The molecule has 1 atom stereocenters. The van der Waals surface area contributed by atoms with Crippen LogP contribution in [0, 0.1) is 11.5 Å². The largest absolute Gasteiger partial charge is 0.323 e. The molecule has 118 valence electrons. The van der Waals surface area contributed by atoms with Gasteiger partial charge in [0.2, 0.25) is 0 Å². The van der Waals surface area contributed by atoms with E-state index in [1.54, 1.807) is 16.2 Å². The Morgan fingerprint density at radius 2 is 2.18 bits per heavy atom. The zero-order chi connectivity index (χ0) is 15.4. The first-order chi connectivity index (χ1) is 10.8. The van der Waals surface area contributed by atoms with Crippen LogP contribution in [0.2, 0.25) is 0 Å². The molecule has 2 fully saturated rings. The maximum atomic E-state index is 12.2. The first kappa shape index (κ1) is 15.1. The quantitative estimate of drug-likeness (QED) is 0.663. The summed E-state index contributed by atoms with van der Waals surface area (Å²) < 4.78 is 0. The van der Waals surface area contributed by atoms with Gasteiger partial charge in [0.05, 0.1) is 6.04 Å². The van der Waals surface area contributed by atoms with Crippen molar-refractivity contribution in [2.75, 3.05) is 18.4 Å². The molecule has 1 aliphatic carbocycles. The Bertz CT molecular complexity index is 561. The number of hydrogen-bond acceptors (Lipinski definition) is 5. The molecule has 0 radical (unpaired) electrons. The number of hydrogen-bond donors (Lipinski definition) is 2. The van der Waals surface area contributed by atoms with Crippen molar-refractivity contribution in [1.82, 2.24) is 15.2 Å². The summed E-state index contributed by atoms with van der Waals surface area (Å²) in [5, 5.41) is 14.9. The van der Waals surface area contributed by atoms with Crippen molar-refractivity contribution >= 4 is 22.5 Å². The molecule has 2 amide bonds. The van der Waals surface area contributed by atoms with Crippen LogP contribution in [0.3, 0.4) is 0 Å². The average Bonchev–Trinajstić information content (AvgIpc) is 3.18. The number of carbonyl (C=O) groups excluding carboxylic acids is 1. The first-order valence-electron chi connectivity index (χ1n) is 7.92. The summed E-state index contributed by atoms with van der Waals surface area (Å²) in [7, 11) is 0. The van der Waals surface area contributed by atoms with E-state index < -0.39 is 0 Å². The minimum Gasteiger partial charge on any atom is -0.322 e. The van der Waals surface area contributed by atoms with E-state index in [0.717, 1.165) is 6.42 Å². The summed E-state index contributed by atoms with van der Waals surface area (Å²) in [5.74, 6) is 0.618. The van der Waals surface area contributed by atoms with E-state index >= 15 is 0 Å². The van der Waals surface area contributed by atoms with Crippen LogP contribution in [0.15, 0.2) is 6.20 Å². The molecule has 2 N–H and O–H groups in total. The molecule has 22 heavy (non-hydrogen) atoms. The van der Waals surface area contributed by atoms with Crippen molar-refractivity contribution in [2.24, 2.45) is 0 Å². The number of nitriles is 1. The number of likely N-dealkylation sites (tertiary alicyclic amines) is 1. The second-order valence-electron chi connectivity index (χ2n) is 6.02. The monoisotopic (exact) mass is 319 g/mol. The SMILES string of the molecule is N#CNC1CCN(C(=O)Nc2ncc(C3CCCCC3)s2)C1. The van der Waals surface area contributed by atoms with Crippen LogP contribution in [-0.4, -0.2) is 35.0 Å². The lowest BCUT2D eigenvalue weighted by atomic mass is 9.89. The molecule has 2 heterocycles. The van der Waals surface area contributed by atoms with E-state index in [1.165, 1.54) is 37.0 Å². The van der Waals surface area contributed by atoms with Crippen molar-refractivity contribution < 1.29 is 4.79 Å². The summed E-state index contributed by atoms with van der Waals surface area (Å²) in [6, 6.07) is -0.0448.